The Labute approximate surface area is 75.6 Å². The van der Waals surface area contributed by atoms with Gasteiger partial charge < -0.3 is 10.6 Å². The van der Waals surface area contributed by atoms with Gasteiger partial charge in [-0.3, -0.25) is 4.79 Å². The van der Waals surface area contributed by atoms with Crippen LogP contribution in [0.25, 0.3) is 0 Å². The van der Waals surface area contributed by atoms with Gasteiger partial charge >= 0.3 is 0 Å². The molecule has 1 aliphatic rings. The van der Waals surface area contributed by atoms with E-state index in [1.165, 1.54) is 0 Å². The van der Waals surface area contributed by atoms with Crippen molar-refractivity contribution < 1.29 is 4.79 Å². The van der Waals surface area contributed by atoms with Crippen LogP contribution in [0.15, 0.2) is 18.3 Å². The number of aromatic nitrogens is 2. The van der Waals surface area contributed by atoms with Gasteiger partial charge in [0.15, 0.2) is 5.82 Å². The van der Waals surface area contributed by atoms with Gasteiger partial charge in [-0.25, -0.2) is 0 Å². The summed E-state index contributed by atoms with van der Waals surface area (Å²) in [4.78, 5) is 11.4. The fourth-order valence-electron chi connectivity index (χ4n) is 1.09. The lowest BCUT2D eigenvalue weighted by Gasteiger charge is -2.25. The molecule has 1 aromatic heterocycles. The van der Waals surface area contributed by atoms with E-state index in [4.69, 9.17) is 0 Å². The van der Waals surface area contributed by atoms with E-state index in [0.29, 0.717) is 5.82 Å². The third kappa shape index (κ3) is 1.81. The van der Waals surface area contributed by atoms with E-state index in [9.17, 15) is 4.79 Å². The minimum atomic E-state index is -0.0537. The smallest absolute Gasteiger partial charge is 0.242 e. The molecule has 5 nitrogen and oxygen atoms in total. The largest absolute Gasteiger partial charge is 0.308 e. The highest BCUT2D eigenvalue weighted by molar-refractivity contribution is 5.94. The molecule has 2 rings (SSSR count). The highest BCUT2D eigenvalue weighted by Gasteiger charge is 2.24. The number of anilines is 1. The molecule has 0 spiro atoms. The number of carbonyl (C=O) groups excluding carboxylic acids is 1. The topological polar surface area (TPSA) is 66.9 Å². The molecular weight excluding hydrogens is 168 g/mol. The fourth-order valence-corrected chi connectivity index (χ4v) is 1.09. The van der Waals surface area contributed by atoms with Gasteiger partial charge in [0.1, 0.15) is 0 Å². The van der Waals surface area contributed by atoms with E-state index in [-0.39, 0.29) is 11.9 Å². The Bertz CT molecular complexity index is 296. The van der Waals surface area contributed by atoms with E-state index in [1.54, 1.807) is 18.3 Å². The summed E-state index contributed by atoms with van der Waals surface area (Å²) < 4.78 is 0. The maximum absolute atomic E-state index is 11.4. The number of rotatable bonds is 2. The second kappa shape index (κ2) is 3.49. The minimum Gasteiger partial charge on any atom is -0.308 e. The summed E-state index contributed by atoms with van der Waals surface area (Å²) >= 11 is 0. The van der Waals surface area contributed by atoms with Crippen LogP contribution in [-0.2, 0) is 4.79 Å². The van der Waals surface area contributed by atoms with Crippen molar-refractivity contribution in [2.75, 3.05) is 11.9 Å². The van der Waals surface area contributed by atoms with Crippen LogP contribution in [0.5, 0.6) is 0 Å². The van der Waals surface area contributed by atoms with Crippen molar-refractivity contribution in [2.45, 2.75) is 12.5 Å². The zero-order chi connectivity index (χ0) is 9.10. The van der Waals surface area contributed by atoms with Gasteiger partial charge in [0.05, 0.1) is 6.04 Å². The minimum absolute atomic E-state index is 0.0354. The Morgan fingerprint density at radius 3 is 3.08 bits per heavy atom. The van der Waals surface area contributed by atoms with Crippen molar-refractivity contribution in [1.82, 2.24) is 15.5 Å². The van der Waals surface area contributed by atoms with Gasteiger partial charge in [-0.05, 0) is 25.1 Å². The molecule has 1 amide bonds. The van der Waals surface area contributed by atoms with Crippen LogP contribution >= 0.6 is 0 Å². The van der Waals surface area contributed by atoms with Crippen molar-refractivity contribution >= 4 is 11.7 Å². The van der Waals surface area contributed by atoms with E-state index in [0.717, 1.165) is 13.0 Å². The number of nitrogens with zero attached hydrogens (tertiary/aromatic N) is 2. The number of hydrogen-bond acceptors (Lipinski definition) is 4. The number of nitrogens with one attached hydrogen (secondary N) is 2. The monoisotopic (exact) mass is 178 g/mol. The summed E-state index contributed by atoms with van der Waals surface area (Å²) in [6, 6.07) is 3.39. The van der Waals surface area contributed by atoms with Crippen molar-refractivity contribution in [3.8, 4) is 0 Å². The molecule has 1 saturated heterocycles. The Morgan fingerprint density at radius 1 is 1.69 bits per heavy atom. The molecule has 0 saturated carbocycles. The molecule has 13 heavy (non-hydrogen) atoms. The molecule has 5 heteroatoms. The lowest BCUT2D eigenvalue weighted by Crippen LogP contribution is -2.50. The number of carbonyl (C=O) groups is 1. The van der Waals surface area contributed by atoms with Crippen LogP contribution in [0.4, 0.5) is 5.82 Å². The molecule has 1 atom stereocenters. The Balaban J connectivity index is 1.94. The van der Waals surface area contributed by atoms with Crippen molar-refractivity contribution in [2.24, 2.45) is 0 Å². The molecule has 0 bridgehead atoms. The van der Waals surface area contributed by atoms with Crippen molar-refractivity contribution in [3.05, 3.63) is 18.3 Å². The lowest BCUT2D eigenvalue weighted by atomic mass is 10.1. The quantitative estimate of drug-likeness (QED) is 0.657. The number of hydrogen-bond donors (Lipinski definition) is 2. The van der Waals surface area contributed by atoms with E-state index in [1.807, 2.05) is 0 Å². The van der Waals surface area contributed by atoms with Gasteiger partial charge in [-0.15, -0.1) is 5.10 Å². The summed E-state index contributed by atoms with van der Waals surface area (Å²) in [5, 5.41) is 13.1. The average molecular weight is 178 g/mol. The first-order chi connectivity index (χ1) is 6.36. The number of amides is 1. The second-order valence-corrected chi connectivity index (χ2v) is 2.89. The zero-order valence-corrected chi connectivity index (χ0v) is 7.03. The summed E-state index contributed by atoms with van der Waals surface area (Å²) in [6.45, 7) is 0.915. The molecular formula is C8H10N4O. The summed E-state index contributed by atoms with van der Waals surface area (Å²) in [6.07, 6.45) is 2.46. The van der Waals surface area contributed by atoms with Gasteiger partial charge in [0.25, 0.3) is 0 Å². The third-order valence-corrected chi connectivity index (χ3v) is 1.96. The first kappa shape index (κ1) is 8.12. The van der Waals surface area contributed by atoms with Crippen LogP contribution in [0.3, 0.4) is 0 Å². The van der Waals surface area contributed by atoms with Crippen molar-refractivity contribution in [3.63, 3.8) is 0 Å². The second-order valence-electron chi connectivity index (χ2n) is 2.89. The van der Waals surface area contributed by atoms with Crippen LogP contribution in [0, 0.1) is 0 Å². The SMILES string of the molecule is O=C(Nc1cccnn1)C1CCN1. The normalized spacial score (nSPS) is 20.5. The highest BCUT2D eigenvalue weighted by Crippen LogP contribution is 2.05. The predicted octanol–water partition coefficient (Wildman–Crippen LogP) is -0.223. The average Bonchev–Trinajstić information content (AvgIpc) is 2.02. The van der Waals surface area contributed by atoms with Gasteiger partial charge in [-0.1, -0.05) is 0 Å². The summed E-state index contributed by atoms with van der Waals surface area (Å²) in [7, 11) is 0. The molecule has 2 N–H and O–H groups in total. The van der Waals surface area contributed by atoms with E-state index < -0.39 is 0 Å². The van der Waals surface area contributed by atoms with Crippen molar-refractivity contribution in [1.29, 1.82) is 0 Å². The molecule has 2 heterocycles. The molecule has 1 unspecified atom stereocenters. The maximum atomic E-state index is 11.4. The summed E-state index contributed by atoms with van der Waals surface area (Å²) in [5.41, 5.74) is 0. The summed E-state index contributed by atoms with van der Waals surface area (Å²) in [5.74, 6) is 0.466. The molecule has 0 aliphatic carbocycles. The van der Waals surface area contributed by atoms with Gasteiger partial charge in [0.2, 0.25) is 5.91 Å². The fraction of sp³-hybridized carbons (Fsp3) is 0.375. The molecule has 1 fully saturated rings. The first-order valence-corrected chi connectivity index (χ1v) is 4.18. The molecule has 0 aromatic carbocycles. The maximum Gasteiger partial charge on any atom is 0.242 e. The van der Waals surface area contributed by atoms with E-state index in [2.05, 4.69) is 20.8 Å². The van der Waals surface area contributed by atoms with Gasteiger partial charge in [0, 0.05) is 6.20 Å². The molecule has 1 aromatic rings. The van der Waals surface area contributed by atoms with E-state index >= 15 is 0 Å². The van der Waals surface area contributed by atoms with Crippen LogP contribution in [0.2, 0.25) is 0 Å². The van der Waals surface area contributed by atoms with Crippen LogP contribution in [0.1, 0.15) is 6.42 Å². The first-order valence-electron chi connectivity index (χ1n) is 4.18. The third-order valence-electron chi connectivity index (χ3n) is 1.96. The standard InChI is InChI=1S/C8H10N4O/c13-8(6-3-5-9-6)11-7-2-1-4-10-12-7/h1-2,4,6,9H,3,5H2,(H,11,12,13). The molecule has 1 aliphatic heterocycles. The van der Waals surface area contributed by atoms with Crippen LogP contribution in [-0.4, -0.2) is 28.7 Å². The van der Waals surface area contributed by atoms with Gasteiger partial charge in [-0.2, -0.15) is 5.10 Å². The van der Waals surface area contributed by atoms with Crippen LogP contribution < -0.4 is 10.6 Å². The lowest BCUT2D eigenvalue weighted by molar-refractivity contribution is -0.119. The Kier molecular flexibility index (Phi) is 2.18. The molecule has 68 valence electrons. The Morgan fingerprint density at radius 2 is 2.54 bits per heavy atom. The highest BCUT2D eigenvalue weighted by atomic mass is 16.2. The predicted molar refractivity (Wildman–Crippen MR) is 47.1 cm³/mol. The molecule has 0 radical (unpaired) electrons. The zero-order valence-electron chi connectivity index (χ0n) is 7.03. The Hall–Kier alpha value is -1.49.